The first-order valence-corrected chi connectivity index (χ1v) is 13.7. The van der Waals surface area contributed by atoms with Gasteiger partial charge < -0.3 is 15.5 Å². The Morgan fingerprint density at radius 3 is 2.38 bits per heavy atom. The van der Waals surface area contributed by atoms with E-state index in [2.05, 4.69) is 28.1 Å². The Morgan fingerprint density at radius 2 is 1.90 bits per heavy atom. The maximum Gasteiger partial charge on any atom is 0.246 e. The topological polar surface area (TPSA) is 108 Å². The van der Waals surface area contributed by atoms with E-state index in [9.17, 15) is 14.0 Å². The molecule has 1 aliphatic heterocycles. The number of pyridine rings is 2. The van der Waals surface area contributed by atoms with Gasteiger partial charge in [0.1, 0.15) is 17.4 Å². The molecular weight excluding hydrogens is 540 g/mol. The van der Waals surface area contributed by atoms with Crippen LogP contribution in [0, 0.1) is 12.7 Å². The second-order valence-corrected chi connectivity index (χ2v) is 10.7. The number of carbonyl (C=O) groups excluding carboxylic acids is 2. The van der Waals surface area contributed by atoms with Crippen LogP contribution in [0.4, 0.5) is 20.3 Å². The molecule has 0 bridgehead atoms. The molecule has 1 aliphatic rings. The molecule has 1 saturated heterocycles. The van der Waals surface area contributed by atoms with Crippen LogP contribution in [0.1, 0.15) is 63.1 Å². The van der Waals surface area contributed by atoms with Gasteiger partial charge in [0.15, 0.2) is 11.6 Å². The molecule has 3 rings (SSSR count). The number of nitrogens with zero attached hydrogens (tertiary/aromatic N) is 6. The molecule has 0 aromatic carbocycles. The normalized spacial score (nSPS) is 18.1. The van der Waals surface area contributed by atoms with Crippen molar-refractivity contribution in [2.24, 2.45) is 10.7 Å². The number of aryl methyl sites for hydroxylation is 1. The first-order valence-electron chi connectivity index (χ1n) is 13.7. The number of halogens is 2. The first-order chi connectivity index (χ1) is 19.8. The molecule has 0 aliphatic carbocycles. The maximum atomic E-state index is 15.9. The summed E-state index contributed by atoms with van der Waals surface area (Å²) in [6.07, 6.45) is 3.50. The predicted octanol–water partition coefficient (Wildman–Crippen LogP) is 5.00. The van der Waals surface area contributed by atoms with Crippen LogP contribution in [-0.4, -0.2) is 70.1 Å². The minimum absolute atomic E-state index is 0.0176. The molecule has 1 fully saturated rings. The lowest BCUT2D eigenvalue weighted by molar-refractivity contribution is -0.129. The Bertz CT molecular complexity index is 1450. The third-order valence-corrected chi connectivity index (χ3v) is 7.24. The fraction of sp³-hybridized carbons (Fsp3) is 0.387. The van der Waals surface area contributed by atoms with E-state index >= 15 is 4.39 Å². The summed E-state index contributed by atoms with van der Waals surface area (Å²) in [6.45, 7) is 18.6. The number of aromatic nitrogens is 2. The lowest BCUT2D eigenvalue weighted by Crippen LogP contribution is -2.59. The smallest absolute Gasteiger partial charge is 0.246 e. The molecule has 224 valence electrons. The number of piperazine rings is 1. The Labute approximate surface area is 246 Å². The third kappa shape index (κ3) is 6.09. The number of amidine groups is 1. The summed E-state index contributed by atoms with van der Waals surface area (Å²) < 4.78 is 30.6. The standard InChI is InChI=1S/C31H39F2N7O2/c1-10-25(42)38-14-19(5)40(20(6)15-38)30(35-9)23-13-24(33)28(26(21(7)32)22(8)34)37-31(23)39(16-41)29-18(4)11-12-36-27(29)17(2)3/h10-13,16-17,19-20H,1,8,14-15,34H2,2-7,9H3/b26-21-,35-30?. The van der Waals surface area contributed by atoms with E-state index in [0.29, 0.717) is 36.7 Å². The molecule has 0 spiro atoms. The Balaban J connectivity index is 2.37. The summed E-state index contributed by atoms with van der Waals surface area (Å²) in [4.78, 5) is 43.8. The number of amides is 2. The van der Waals surface area contributed by atoms with Gasteiger partial charge in [0.25, 0.3) is 0 Å². The van der Waals surface area contributed by atoms with Crippen molar-refractivity contribution in [3.05, 3.63) is 77.4 Å². The van der Waals surface area contributed by atoms with E-state index in [0.717, 1.165) is 12.5 Å². The van der Waals surface area contributed by atoms with Crippen molar-refractivity contribution in [1.82, 2.24) is 19.8 Å². The summed E-state index contributed by atoms with van der Waals surface area (Å²) in [5, 5.41) is 0. The van der Waals surface area contributed by atoms with Gasteiger partial charge in [0.05, 0.1) is 22.5 Å². The molecule has 2 aromatic rings. The molecule has 42 heavy (non-hydrogen) atoms. The van der Waals surface area contributed by atoms with Crippen molar-refractivity contribution in [2.75, 3.05) is 25.0 Å². The largest absolute Gasteiger partial charge is 0.399 e. The van der Waals surface area contributed by atoms with Gasteiger partial charge in [0.2, 0.25) is 12.3 Å². The maximum absolute atomic E-state index is 15.9. The monoisotopic (exact) mass is 579 g/mol. The quantitative estimate of drug-likeness (QED) is 0.155. The highest BCUT2D eigenvalue weighted by Crippen LogP contribution is 2.37. The first kappa shape index (κ1) is 32.1. The van der Waals surface area contributed by atoms with Crippen LogP contribution >= 0.6 is 0 Å². The minimum Gasteiger partial charge on any atom is -0.399 e. The van der Waals surface area contributed by atoms with Gasteiger partial charge in [-0.2, -0.15) is 0 Å². The van der Waals surface area contributed by atoms with Gasteiger partial charge in [-0.05, 0) is 57.4 Å². The number of rotatable bonds is 8. The molecule has 0 radical (unpaired) electrons. The summed E-state index contributed by atoms with van der Waals surface area (Å²) in [5.41, 5.74) is 6.98. The molecule has 2 aromatic heterocycles. The van der Waals surface area contributed by atoms with Crippen molar-refractivity contribution >= 4 is 35.2 Å². The van der Waals surface area contributed by atoms with Crippen LogP contribution in [0.15, 0.2) is 54.1 Å². The minimum atomic E-state index is -0.868. The van der Waals surface area contributed by atoms with Gasteiger partial charge in [0, 0.05) is 44.1 Å². The van der Waals surface area contributed by atoms with E-state index in [-0.39, 0.29) is 46.6 Å². The number of hydrogen-bond acceptors (Lipinski definition) is 6. The number of allylic oxidation sites excluding steroid dienone is 2. The van der Waals surface area contributed by atoms with Crippen molar-refractivity contribution in [3.63, 3.8) is 0 Å². The van der Waals surface area contributed by atoms with E-state index in [4.69, 9.17) is 5.73 Å². The molecule has 2 unspecified atom stereocenters. The van der Waals surface area contributed by atoms with Gasteiger partial charge in [-0.15, -0.1) is 0 Å². The number of carbonyl (C=O) groups is 2. The molecule has 2 N–H and O–H groups in total. The second kappa shape index (κ2) is 13.1. The highest BCUT2D eigenvalue weighted by Gasteiger charge is 2.36. The Kier molecular flexibility index (Phi) is 9.98. The van der Waals surface area contributed by atoms with Gasteiger partial charge in [-0.25, -0.2) is 13.8 Å². The van der Waals surface area contributed by atoms with Crippen LogP contribution < -0.4 is 10.6 Å². The van der Waals surface area contributed by atoms with E-state index in [1.54, 1.807) is 24.2 Å². The van der Waals surface area contributed by atoms with Crippen molar-refractivity contribution in [2.45, 2.75) is 59.5 Å². The van der Waals surface area contributed by atoms with Crippen LogP contribution in [0.3, 0.4) is 0 Å². The highest BCUT2D eigenvalue weighted by molar-refractivity contribution is 6.07. The predicted molar refractivity (Wildman–Crippen MR) is 162 cm³/mol. The van der Waals surface area contributed by atoms with Crippen LogP contribution in [0.5, 0.6) is 0 Å². The van der Waals surface area contributed by atoms with Crippen molar-refractivity contribution in [1.29, 1.82) is 0 Å². The van der Waals surface area contributed by atoms with E-state index in [1.807, 2.05) is 39.5 Å². The molecular formula is C31H39F2N7O2. The summed E-state index contributed by atoms with van der Waals surface area (Å²) in [7, 11) is 1.56. The third-order valence-electron chi connectivity index (χ3n) is 7.24. The summed E-state index contributed by atoms with van der Waals surface area (Å²) in [6, 6.07) is 2.46. The second-order valence-electron chi connectivity index (χ2n) is 10.7. The lowest BCUT2D eigenvalue weighted by Gasteiger charge is -2.46. The average molecular weight is 580 g/mol. The van der Waals surface area contributed by atoms with Crippen LogP contribution in [0.25, 0.3) is 5.57 Å². The number of aliphatic imine (C=N–C) groups is 1. The lowest BCUT2D eigenvalue weighted by atomic mass is 10.0. The van der Waals surface area contributed by atoms with Crippen molar-refractivity contribution in [3.8, 4) is 0 Å². The van der Waals surface area contributed by atoms with Crippen molar-refractivity contribution < 1.29 is 18.4 Å². The van der Waals surface area contributed by atoms with Gasteiger partial charge >= 0.3 is 0 Å². The number of hydrogen-bond donors (Lipinski definition) is 1. The van der Waals surface area contributed by atoms with E-state index in [1.165, 1.54) is 17.0 Å². The fourth-order valence-corrected chi connectivity index (χ4v) is 5.48. The zero-order valence-electron chi connectivity index (χ0n) is 25.3. The number of anilines is 2. The zero-order valence-corrected chi connectivity index (χ0v) is 25.3. The molecule has 11 heteroatoms. The summed E-state index contributed by atoms with van der Waals surface area (Å²) in [5.74, 6) is -1.55. The van der Waals surface area contributed by atoms with Crippen LogP contribution in [-0.2, 0) is 9.59 Å². The van der Waals surface area contributed by atoms with E-state index < -0.39 is 17.3 Å². The van der Waals surface area contributed by atoms with Gasteiger partial charge in [-0.1, -0.05) is 27.0 Å². The average Bonchev–Trinajstić information content (AvgIpc) is 2.92. The molecule has 2 amide bonds. The molecule has 0 saturated carbocycles. The molecule has 9 nitrogen and oxygen atoms in total. The molecule has 2 atom stereocenters. The number of nitrogens with two attached hydrogens (primary N) is 1. The Morgan fingerprint density at radius 1 is 1.29 bits per heavy atom. The SMILES string of the molecule is C=CC(=O)N1CC(C)N(C(=NC)c2cc(F)c(/C(C(=C)N)=C(/C)F)nc2N(C=O)c2c(C)ccnc2C(C)C)C(C)C1. The zero-order chi connectivity index (χ0) is 31.5. The molecule has 3 heterocycles. The fourth-order valence-electron chi connectivity index (χ4n) is 5.48. The van der Waals surface area contributed by atoms with Gasteiger partial charge in [-0.3, -0.25) is 24.5 Å². The summed E-state index contributed by atoms with van der Waals surface area (Å²) >= 11 is 0. The van der Waals surface area contributed by atoms with Crippen LogP contribution in [0.2, 0.25) is 0 Å². The Hall–Kier alpha value is -4.41. The highest BCUT2D eigenvalue weighted by atomic mass is 19.1.